The Balaban J connectivity index is 1.97. The van der Waals surface area contributed by atoms with Crippen LogP contribution in [0.3, 0.4) is 0 Å². The molecule has 0 atom stereocenters. The predicted octanol–water partition coefficient (Wildman–Crippen LogP) is 4.54. The lowest BCUT2D eigenvalue weighted by atomic mass is 10.0. The fourth-order valence-corrected chi connectivity index (χ4v) is 2.38. The maximum atomic E-state index is 13.1. The van der Waals surface area contributed by atoms with Gasteiger partial charge in [0.1, 0.15) is 5.82 Å². The normalized spacial score (nSPS) is 10.6. The minimum atomic E-state index is -0.310. The number of amides is 1. The van der Waals surface area contributed by atoms with Crippen molar-refractivity contribution in [2.24, 2.45) is 0 Å². The standard InChI is InChI=1S/C18H14FNO/c1-12-11-14(19)9-10-17(12)20-18(21)16-8-4-6-13-5-2-3-7-15(13)16/h2-11H,1H3,(H,20,21). The Morgan fingerprint density at radius 1 is 1.00 bits per heavy atom. The van der Waals surface area contributed by atoms with Gasteiger partial charge in [-0.25, -0.2) is 4.39 Å². The quantitative estimate of drug-likeness (QED) is 0.733. The van der Waals surface area contributed by atoms with E-state index in [1.165, 1.54) is 12.1 Å². The van der Waals surface area contributed by atoms with E-state index in [9.17, 15) is 9.18 Å². The third kappa shape index (κ3) is 2.63. The number of anilines is 1. The van der Waals surface area contributed by atoms with Gasteiger partial charge in [0.05, 0.1) is 0 Å². The van der Waals surface area contributed by atoms with Gasteiger partial charge in [-0.15, -0.1) is 0 Å². The van der Waals surface area contributed by atoms with Crippen LogP contribution >= 0.6 is 0 Å². The number of hydrogen-bond donors (Lipinski definition) is 1. The van der Waals surface area contributed by atoms with Gasteiger partial charge in [-0.3, -0.25) is 4.79 Å². The van der Waals surface area contributed by atoms with Crippen LogP contribution < -0.4 is 5.32 Å². The first-order chi connectivity index (χ1) is 10.1. The van der Waals surface area contributed by atoms with Crippen LogP contribution in [0.5, 0.6) is 0 Å². The number of carbonyl (C=O) groups is 1. The molecule has 0 aliphatic carbocycles. The zero-order valence-electron chi connectivity index (χ0n) is 11.6. The molecule has 3 aromatic carbocycles. The fourth-order valence-electron chi connectivity index (χ4n) is 2.38. The lowest BCUT2D eigenvalue weighted by Crippen LogP contribution is -2.13. The van der Waals surface area contributed by atoms with E-state index in [2.05, 4.69) is 5.32 Å². The second-order valence-electron chi connectivity index (χ2n) is 4.94. The summed E-state index contributed by atoms with van der Waals surface area (Å²) in [5.74, 6) is -0.503. The summed E-state index contributed by atoms with van der Waals surface area (Å²) in [5, 5.41) is 4.76. The van der Waals surface area contributed by atoms with Gasteiger partial charge < -0.3 is 5.32 Å². The van der Waals surface area contributed by atoms with E-state index in [4.69, 9.17) is 0 Å². The van der Waals surface area contributed by atoms with E-state index in [1.807, 2.05) is 36.4 Å². The van der Waals surface area contributed by atoms with Crippen molar-refractivity contribution in [1.82, 2.24) is 0 Å². The molecule has 0 bridgehead atoms. The van der Waals surface area contributed by atoms with Gasteiger partial charge in [0.25, 0.3) is 5.91 Å². The van der Waals surface area contributed by atoms with Crippen molar-refractivity contribution in [3.8, 4) is 0 Å². The Bertz CT molecular complexity index is 821. The van der Waals surface area contributed by atoms with Gasteiger partial charge in [-0.1, -0.05) is 36.4 Å². The summed E-state index contributed by atoms with van der Waals surface area (Å²) in [5.41, 5.74) is 1.93. The first-order valence-corrected chi connectivity index (χ1v) is 6.70. The van der Waals surface area contributed by atoms with Crippen LogP contribution in [0, 0.1) is 12.7 Å². The molecule has 3 heteroatoms. The topological polar surface area (TPSA) is 29.1 Å². The summed E-state index contributed by atoms with van der Waals surface area (Å²) in [7, 11) is 0. The maximum absolute atomic E-state index is 13.1. The van der Waals surface area contributed by atoms with E-state index in [0.717, 1.165) is 10.8 Å². The number of carbonyl (C=O) groups excluding carboxylic acids is 1. The molecule has 0 aromatic heterocycles. The summed E-state index contributed by atoms with van der Waals surface area (Å²) in [6.45, 7) is 1.77. The van der Waals surface area contributed by atoms with Crippen molar-refractivity contribution < 1.29 is 9.18 Å². The third-order valence-corrected chi connectivity index (χ3v) is 3.47. The summed E-state index contributed by atoms with van der Waals surface area (Å²) in [4.78, 5) is 12.5. The average Bonchev–Trinajstić information content (AvgIpc) is 2.49. The number of rotatable bonds is 2. The van der Waals surface area contributed by atoms with Crippen LogP contribution in [0.25, 0.3) is 10.8 Å². The third-order valence-electron chi connectivity index (χ3n) is 3.47. The molecule has 104 valence electrons. The van der Waals surface area contributed by atoms with Gasteiger partial charge in [-0.2, -0.15) is 0 Å². The summed E-state index contributed by atoms with van der Waals surface area (Å²) in [6, 6.07) is 17.7. The zero-order chi connectivity index (χ0) is 14.8. The summed E-state index contributed by atoms with van der Waals surface area (Å²) >= 11 is 0. The minimum absolute atomic E-state index is 0.193. The molecule has 21 heavy (non-hydrogen) atoms. The summed E-state index contributed by atoms with van der Waals surface area (Å²) in [6.07, 6.45) is 0. The Kier molecular flexibility index (Phi) is 3.40. The minimum Gasteiger partial charge on any atom is -0.322 e. The van der Waals surface area contributed by atoms with E-state index >= 15 is 0 Å². The van der Waals surface area contributed by atoms with Crippen molar-refractivity contribution in [3.05, 3.63) is 77.6 Å². The Labute approximate surface area is 122 Å². The second-order valence-corrected chi connectivity index (χ2v) is 4.94. The highest BCUT2D eigenvalue weighted by Crippen LogP contribution is 2.21. The van der Waals surface area contributed by atoms with E-state index in [1.54, 1.807) is 19.1 Å². The van der Waals surface area contributed by atoms with Gasteiger partial charge in [-0.05, 0) is 47.5 Å². The molecule has 0 fully saturated rings. The van der Waals surface area contributed by atoms with Crippen molar-refractivity contribution in [1.29, 1.82) is 0 Å². The molecule has 0 saturated carbocycles. The SMILES string of the molecule is Cc1cc(F)ccc1NC(=O)c1cccc2ccccc12. The van der Waals surface area contributed by atoms with Gasteiger partial charge in [0.15, 0.2) is 0 Å². The molecule has 2 nitrogen and oxygen atoms in total. The molecule has 1 N–H and O–H groups in total. The molecule has 3 rings (SSSR count). The zero-order valence-corrected chi connectivity index (χ0v) is 11.6. The van der Waals surface area contributed by atoms with Crippen molar-refractivity contribution >= 4 is 22.4 Å². The van der Waals surface area contributed by atoms with Gasteiger partial charge in [0, 0.05) is 11.3 Å². The van der Waals surface area contributed by atoms with Crippen molar-refractivity contribution in [3.63, 3.8) is 0 Å². The monoisotopic (exact) mass is 279 g/mol. The molecule has 0 spiro atoms. The predicted molar refractivity (Wildman–Crippen MR) is 83.0 cm³/mol. The largest absolute Gasteiger partial charge is 0.322 e. The molecule has 0 aliphatic rings. The smallest absolute Gasteiger partial charge is 0.256 e. The fraction of sp³-hybridized carbons (Fsp3) is 0.0556. The number of fused-ring (bicyclic) bond motifs is 1. The highest BCUT2D eigenvalue weighted by atomic mass is 19.1. The van der Waals surface area contributed by atoms with Gasteiger partial charge in [0.2, 0.25) is 0 Å². The highest BCUT2D eigenvalue weighted by Gasteiger charge is 2.11. The average molecular weight is 279 g/mol. The Morgan fingerprint density at radius 3 is 2.57 bits per heavy atom. The molecule has 0 saturated heterocycles. The molecular formula is C18H14FNO. The van der Waals surface area contributed by atoms with Crippen LogP contribution in [0.2, 0.25) is 0 Å². The molecule has 0 heterocycles. The molecule has 3 aromatic rings. The highest BCUT2D eigenvalue weighted by molar-refractivity contribution is 6.13. The first kappa shape index (κ1) is 13.3. The molecule has 0 unspecified atom stereocenters. The van der Waals surface area contributed by atoms with E-state index < -0.39 is 0 Å². The number of aryl methyl sites for hydroxylation is 1. The van der Waals surface area contributed by atoms with E-state index in [-0.39, 0.29) is 11.7 Å². The van der Waals surface area contributed by atoms with Gasteiger partial charge >= 0.3 is 0 Å². The first-order valence-electron chi connectivity index (χ1n) is 6.70. The summed E-state index contributed by atoms with van der Waals surface area (Å²) < 4.78 is 13.1. The lowest BCUT2D eigenvalue weighted by Gasteiger charge is -2.10. The second kappa shape index (κ2) is 5.37. The van der Waals surface area contributed by atoms with Crippen molar-refractivity contribution in [2.75, 3.05) is 5.32 Å². The number of hydrogen-bond acceptors (Lipinski definition) is 1. The van der Waals surface area contributed by atoms with Crippen LogP contribution in [0.4, 0.5) is 10.1 Å². The van der Waals surface area contributed by atoms with Crippen LogP contribution in [-0.4, -0.2) is 5.91 Å². The van der Waals surface area contributed by atoms with Crippen molar-refractivity contribution in [2.45, 2.75) is 6.92 Å². The number of nitrogens with one attached hydrogen (secondary N) is 1. The van der Waals surface area contributed by atoms with Crippen LogP contribution in [-0.2, 0) is 0 Å². The van der Waals surface area contributed by atoms with E-state index in [0.29, 0.717) is 16.8 Å². The molecule has 0 radical (unpaired) electrons. The lowest BCUT2D eigenvalue weighted by molar-refractivity contribution is 0.102. The molecular weight excluding hydrogens is 265 g/mol. The number of benzene rings is 3. The molecule has 0 aliphatic heterocycles. The molecule has 1 amide bonds. The Morgan fingerprint density at radius 2 is 1.76 bits per heavy atom. The Hall–Kier alpha value is -2.68. The maximum Gasteiger partial charge on any atom is 0.256 e. The van der Waals surface area contributed by atoms with Crippen LogP contribution in [0.15, 0.2) is 60.7 Å². The number of halogens is 1. The van der Waals surface area contributed by atoms with Crippen LogP contribution in [0.1, 0.15) is 15.9 Å².